The number of unbranched alkanes of at least 4 members (excludes halogenated alkanes) is 24. The Hall–Kier alpha value is -1.16. The van der Waals surface area contributed by atoms with Crippen LogP contribution in [0.4, 0.5) is 0 Å². The van der Waals surface area contributed by atoms with Crippen molar-refractivity contribution in [2.45, 2.75) is 230 Å². The average molecular weight is 823 g/mol. The highest BCUT2D eigenvalue weighted by Gasteiger charge is 2.48. The van der Waals surface area contributed by atoms with E-state index in [1.807, 2.05) is 0 Å². The van der Waals surface area contributed by atoms with Gasteiger partial charge in [-0.3, -0.25) is 9.35 Å². The normalized spacial score (nSPS) is 20.9. The van der Waals surface area contributed by atoms with Crippen molar-refractivity contribution in [2.24, 2.45) is 0 Å². The van der Waals surface area contributed by atoms with Crippen LogP contribution in [0.1, 0.15) is 194 Å². The third-order valence-corrected chi connectivity index (χ3v) is 10.9. The van der Waals surface area contributed by atoms with E-state index in [1.165, 1.54) is 128 Å². The minimum atomic E-state index is -5.05. The van der Waals surface area contributed by atoms with Crippen molar-refractivity contribution >= 4 is 16.4 Å². The summed E-state index contributed by atoms with van der Waals surface area (Å²) in [6.07, 6.45) is 28.4. The number of carbonyl (C=O) groups is 1. The number of rotatable bonds is 39. The van der Waals surface area contributed by atoms with Crippen LogP contribution in [0.2, 0.25) is 0 Å². The first-order valence-corrected chi connectivity index (χ1v) is 23.8. The number of hydrogen-bond acceptors (Lipinski definition) is 11. The fourth-order valence-electron chi connectivity index (χ4n) is 6.96. The van der Waals surface area contributed by atoms with Crippen LogP contribution in [0.25, 0.3) is 0 Å². The number of carbonyl (C=O) groups excluding carboxylic acids is 1. The van der Waals surface area contributed by atoms with Crippen molar-refractivity contribution < 1.29 is 56.2 Å². The quantitative estimate of drug-likeness (QED) is 0.0200. The van der Waals surface area contributed by atoms with Gasteiger partial charge in [0.15, 0.2) is 6.29 Å². The topological polar surface area (TPSA) is 178 Å². The summed E-state index contributed by atoms with van der Waals surface area (Å²) in [6.45, 7) is 3.97. The molecule has 332 valence electrons. The molecule has 1 fully saturated rings. The highest BCUT2D eigenvalue weighted by atomic mass is 32.3. The maximum absolute atomic E-state index is 12.8. The molecule has 1 heterocycles. The van der Waals surface area contributed by atoms with Gasteiger partial charge in [0.2, 0.25) is 0 Å². The molecule has 13 heteroatoms. The number of esters is 1. The number of hydrogen-bond donors (Lipinski definition) is 4. The lowest BCUT2D eigenvalue weighted by Crippen LogP contribution is -2.60. The summed E-state index contributed by atoms with van der Waals surface area (Å²) in [5.41, 5.74) is 0. The number of aliphatic hydroxyl groups is 3. The van der Waals surface area contributed by atoms with Crippen LogP contribution in [0, 0.1) is 0 Å². The molecule has 1 aliphatic heterocycles. The SMILES string of the molecule is CCCCCCCCCC/C=C\CCCCCCCCCCCC(=O)OC(COCCCCCCCCCC)COC1OC(CO)C(O)C(OS(=O)(=O)O)C1O. The zero-order valence-electron chi connectivity index (χ0n) is 35.2. The monoisotopic (exact) mass is 823 g/mol. The molecule has 0 saturated carbocycles. The zero-order chi connectivity index (χ0) is 41.1. The molecule has 1 rings (SSSR count). The van der Waals surface area contributed by atoms with Crippen molar-refractivity contribution in [1.29, 1.82) is 0 Å². The van der Waals surface area contributed by atoms with Crippen molar-refractivity contribution in [3.8, 4) is 0 Å². The average Bonchev–Trinajstić information content (AvgIpc) is 3.17. The van der Waals surface area contributed by atoms with Crippen molar-refractivity contribution in [3.05, 3.63) is 12.2 Å². The molecule has 4 N–H and O–H groups in total. The van der Waals surface area contributed by atoms with Gasteiger partial charge in [-0.25, -0.2) is 4.18 Å². The Balaban J connectivity index is 2.34. The van der Waals surface area contributed by atoms with Crippen molar-refractivity contribution in [3.63, 3.8) is 0 Å². The molecule has 0 aromatic carbocycles. The molecular formula is C43H82O12S. The predicted octanol–water partition coefficient (Wildman–Crippen LogP) is 9.08. The third-order valence-electron chi connectivity index (χ3n) is 10.4. The Morgan fingerprint density at radius 1 is 0.661 bits per heavy atom. The van der Waals surface area contributed by atoms with Gasteiger partial charge in [-0.1, -0.05) is 161 Å². The fourth-order valence-corrected chi connectivity index (χ4v) is 7.47. The fraction of sp³-hybridized carbons (Fsp3) is 0.930. The van der Waals surface area contributed by atoms with Gasteiger partial charge in [-0.15, -0.1) is 0 Å². The van der Waals surface area contributed by atoms with Crippen molar-refractivity contribution in [1.82, 2.24) is 0 Å². The summed E-state index contributed by atoms with van der Waals surface area (Å²) in [6, 6.07) is 0. The Kier molecular flexibility index (Phi) is 33.7. The number of aliphatic hydroxyl groups excluding tert-OH is 3. The molecule has 1 aliphatic rings. The first-order valence-electron chi connectivity index (χ1n) is 22.4. The second-order valence-electron chi connectivity index (χ2n) is 15.6. The molecule has 0 aliphatic carbocycles. The molecule has 0 aromatic heterocycles. The van der Waals surface area contributed by atoms with Gasteiger partial charge in [0.05, 0.1) is 19.8 Å². The first kappa shape index (κ1) is 52.9. The number of allylic oxidation sites excluding steroid dienone is 2. The minimum absolute atomic E-state index is 0.0393. The standard InChI is InChI=1S/C43H82O12S/c1-3-5-7-9-11-13-14-15-16-17-18-19-20-21-22-23-24-25-26-28-30-32-39(45)53-37(35-51-33-31-29-27-12-10-8-6-4-2)36-52-43-41(47)42(55-56(48,49)50)40(46)38(34-44)54-43/h17-18,37-38,40-44,46-47H,3-16,19-36H2,1-2H3,(H,48,49,50)/b18-17-. The van der Waals surface area contributed by atoms with Gasteiger partial charge in [0, 0.05) is 13.0 Å². The van der Waals surface area contributed by atoms with E-state index in [1.54, 1.807) is 0 Å². The lowest BCUT2D eigenvalue weighted by atomic mass is 9.99. The highest BCUT2D eigenvalue weighted by molar-refractivity contribution is 7.80. The zero-order valence-corrected chi connectivity index (χ0v) is 36.0. The molecule has 6 unspecified atom stereocenters. The Morgan fingerprint density at radius 2 is 1.12 bits per heavy atom. The summed E-state index contributed by atoms with van der Waals surface area (Å²) >= 11 is 0. The van der Waals surface area contributed by atoms with Crippen LogP contribution >= 0.6 is 0 Å². The second kappa shape index (κ2) is 35.8. The van der Waals surface area contributed by atoms with Crippen LogP contribution in [-0.4, -0.2) is 97.5 Å². The van der Waals surface area contributed by atoms with E-state index >= 15 is 0 Å². The van der Waals surface area contributed by atoms with Crippen LogP contribution in [0.15, 0.2) is 12.2 Å². The minimum Gasteiger partial charge on any atom is -0.457 e. The smallest absolute Gasteiger partial charge is 0.397 e. The molecular weight excluding hydrogens is 741 g/mol. The number of ether oxygens (including phenoxy) is 4. The maximum atomic E-state index is 12.8. The molecule has 12 nitrogen and oxygen atoms in total. The predicted molar refractivity (Wildman–Crippen MR) is 221 cm³/mol. The van der Waals surface area contributed by atoms with Gasteiger partial charge in [-0.2, -0.15) is 8.42 Å². The van der Waals surface area contributed by atoms with Gasteiger partial charge in [0.25, 0.3) is 0 Å². The van der Waals surface area contributed by atoms with Gasteiger partial charge < -0.3 is 34.3 Å². The molecule has 56 heavy (non-hydrogen) atoms. The summed E-state index contributed by atoms with van der Waals surface area (Å²) in [7, 11) is -5.05. The van der Waals surface area contributed by atoms with E-state index in [2.05, 4.69) is 30.2 Å². The van der Waals surface area contributed by atoms with Crippen LogP contribution in [0.5, 0.6) is 0 Å². The lowest BCUT2D eigenvalue weighted by Gasteiger charge is -2.41. The van der Waals surface area contributed by atoms with Gasteiger partial charge in [0.1, 0.15) is 30.5 Å². The summed E-state index contributed by atoms with van der Waals surface area (Å²) in [4.78, 5) is 12.8. The second-order valence-corrected chi connectivity index (χ2v) is 16.7. The molecule has 0 aromatic rings. The summed E-state index contributed by atoms with van der Waals surface area (Å²) in [5, 5.41) is 30.6. The molecule has 6 atom stereocenters. The summed E-state index contributed by atoms with van der Waals surface area (Å²) < 4.78 is 58.8. The van der Waals surface area contributed by atoms with E-state index in [0.29, 0.717) is 13.0 Å². The van der Waals surface area contributed by atoms with Gasteiger partial charge in [-0.05, 0) is 38.5 Å². The molecule has 0 spiro atoms. The molecule has 1 saturated heterocycles. The van der Waals surface area contributed by atoms with E-state index in [-0.39, 0.29) is 19.6 Å². The Labute approximate surface area is 340 Å². The third kappa shape index (κ3) is 29.1. The van der Waals surface area contributed by atoms with E-state index in [4.69, 9.17) is 23.5 Å². The summed E-state index contributed by atoms with van der Waals surface area (Å²) in [5.74, 6) is -0.400. The largest absolute Gasteiger partial charge is 0.457 e. The van der Waals surface area contributed by atoms with Crippen LogP contribution in [0.3, 0.4) is 0 Å². The molecule has 0 bridgehead atoms. The van der Waals surface area contributed by atoms with Crippen LogP contribution < -0.4 is 0 Å². The van der Waals surface area contributed by atoms with Crippen LogP contribution in [-0.2, 0) is 38.3 Å². The Bertz CT molecular complexity index is 1040. The van der Waals surface area contributed by atoms with E-state index < -0.39 is 59.8 Å². The van der Waals surface area contributed by atoms with E-state index in [0.717, 1.165) is 38.5 Å². The van der Waals surface area contributed by atoms with Gasteiger partial charge >= 0.3 is 16.4 Å². The molecule has 0 amide bonds. The van der Waals surface area contributed by atoms with Crippen molar-refractivity contribution in [2.75, 3.05) is 26.4 Å². The highest BCUT2D eigenvalue weighted by Crippen LogP contribution is 2.26. The van der Waals surface area contributed by atoms with E-state index in [9.17, 15) is 28.5 Å². The lowest BCUT2D eigenvalue weighted by molar-refractivity contribution is -0.301. The maximum Gasteiger partial charge on any atom is 0.397 e. The Morgan fingerprint density at radius 3 is 1.61 bits per heavy atom. The molecule has 0 radical (unpaired) electrons. The first-order chi connectivity index (χ1) is 27.1.